The van der Waals surface area contributed by atoms with E-state index >= 15 is 0 Å². The van der Waals surface area contributed by atoms with Crippen molar-refractivity contribution in [3.8, 4) is 0 Å². The molecule has 5 heteroatoms. The number of ether oxygens (including phenoxy) is 1. The van der Waals surface area contributed by atoms with Gasteiger partial charge in [0.25, 0.3) is 0 Å². The van der Waals surface area contributed by atoms with E-state index in [1.807, 2.05) is 24.3 Å². The van der Waals surface area contributed by atoms with Crippen LogP contribution in [0.25, 0.3) is 0 Å². The zero-order valence-electron chi connectivity index (χ0n) is 13.8. The topological polar surface area (TPSA) is 55.4 Å². The Morgan fingerprint density at radius 2 is 1.71 bits per heavy atom. The van der Waals surface area contributed by atoms with Crippen LogP contribution in [0.4, 0.5) is 5.69 Å². The lowest BCUT2D eigenvalue weighted by Gasteiger charge is -2.09. The summed E-state index contributed by atoms with van der Waals surface area (Å²) >= 11 is 6.01. The predicted molar refractivity (Wildman–Crippen MR) is 95.6 cm³/mol. The number of anilines is 1. The number of rotatable bonds is 6. The van der Waals surface area contributed by atoms with Crippen molar-refractivity contribution in [1.82, 2.24) is 0 Å². The van der Waals surface area contributed by atoms with E-state index in [0.29, 0.717) is 10.7 Å². The minimum atomic E-state index is -0.506. The number of nitrogens with one attached hydrogen (secondary N) is 1. The van der Waals surface area contributed by atoms with E-state index in [1.54, 1.807) is 19.1 Å². The third-order valence-corrected chi connectivity index (χ3v) is 3.87. The molecule has 0 heterocycles. The van der Waals surface area contributed by atoms with Crippen LogP contribution in [-0.2, 0) is 22.4 Å². The monoisotopic (exact) mass is 345 g/mol. The number of hydrogen-bond donors (Lipinski definition) is 1. The Morgan fingerprint density at radius 3 is 2.33 bits per heavy atom. The van der Waals surface area contributed by atoms with E-state index in [4.69, 9.17) is 16.3 Å². The van der Waals surface area contributed by atoms with Gasteiger partial charge in [-0.2, -0.15) is 0 Å². The fraction of sp³-hybridized carbons (Fsp3) is 0.263. The van der Waals surface area contributed by atoms with Crippen LogP contribution < -0.4 is 5.32 Å². The highest BCUT2D eigenvalue weighted by Crippen LogP contribution is 2.21. The molecule has 0 atom stereocenters. The first-order valence-corrected chi connectivity index (χ1v) is 8.25. The highest BCUT2D eigenvalue weighted by Gasteiger charge is 2.13. The largest absolute Gasteiger partial charge is 0.462 e. The van der Waals surface area contributed by atoms with Gasteiger partial charge >= 0.3 is 5.97 Å². The zero-order chi connectivity index (χ0) is 17.5. The first-order valence-electron chi connectivity index (χ1n) is 7.87. The standard InChI is InChI=1S/C19H20ClNO3/c1-3-13-5-7-14(8-6-13)11-18(22)21-15-9-10-17(20)16(12-15)19(23)24-4-2/h5-10,12H,3-4,11H2,1-2H3,(H,21,22). The van der Waals surface area contributed by atoms with Gasteiger partial charge in [-0.3, -0.25) is 4.79 Å². The number of hydrogen-bond acceptors (Lipinski definition) is 3. The summed E-state index contributed by atoms with van der Waals surface area (Å²) in [5, 5.41) is 3.07. The third kappa shape index (κ3) is 4.83. The molecule has 0 aromatic heterocycles. The highest BCUT2D eigenvalue weighted by molar-refractivity contribution is 6.33. The molecule has 4 nitrogen and oxygen atoms in total. The molecule has 24 heavy (non-hydrogen) atoms. The van der Waals surface area contributed by atoms with Crippen LogP contribution in [0.15, 0.2) is 42.5 Å². The molecule has 0 aliphatic rings. The Morgan fingerprint density at radius 1 is 1.04 bits per heavy atom. The highest BCUT2D eigenvalue weighted by atomic mass is 35.5. The van der Waals surface area contributed by atoms with E-state index in [9.17, 15) is 9.59 Å². The van der Waals surface area contributed by atoms with Crippen molar-refractivity contribution in [2.45, 2.75) is 26.7 Å². The van der Waals surface area contributed by atoms with Crippen molar-refractivity contribution < 1.29 is 14.3 Å². The average Bonchev–Trinajstić information content (AvgIpc) is 2.57. The summed E-state index contributed by atoms with van der Waals surface area (Å²) < 4.78 is 4.95. The van der Waals surface area contributed by atoms with E-state index in [0.717, 1.165) is 12.0 Å². The van der Waals surface area contributed by atoms with Crippen LogP contribution in [0.3, 0.4) is 0 Å². The Kier molecular flexibility index (Phi) is 6.38. The third-order valence-electron chi connectivity index (χ3n) is 3.54. The maximum atomic E-state index is 12.2. The van der Waals surface area contributed by atoms with Crippen molar-refractivity contribution in [2.24, 2.45) is 0 Å². The predicted octanol–water partition coefficient (Wildman–Crippen LogP) is 4.26. The molecule has 0 bridgehead atoms. The van der Waals surface area contributed by atoms with Crippen molar-refractivity contribution in [2.75, 3.05) is 11.9 Å². The Bertz CT molecular complexity index is 726. The molecule has 0 aliphatic heterocycles. The molecule has 0 aliphatic carbocycles. The molecule has 2 rings (SSSR count). The maximum absolute atomic E-state index is 12.2. The van der Waals surface area contributed by atoms with Crippen LogP contribution in [0.1, 0.15) is 35.3 Å². The number of esters is 1. The van der Waals surface area contributed by atoms with Crippen LogP contribution in [0.2, 0.25) is 5.02 Å². The molecule has 0 unspecified atom stereocenters. The zero-order valence-corrected chi connectivity index (χ0v) is 14.5. The molecule has 2 aromatic rings. The fourth-order valence-electron chi connectivity index (χ4n) is 2.25. The van der Waals surface area contributed by atoms with Crippen molar-refractivity contribution >= 4 is 29.2 Å². The second kappa shape index (κ2) is 8.50. The number of halogens is 1. The lowest BCUT2D eigenvalue weighted by Crippen LogP contribution is -2.15. The van der Waals surface area contributed by atoms with Crippen LogP contribution in [0, 0.1) is 0 Å². The lowest BCUT2D eigenvalue weighted by molar-refractivity contribution is -0.115. The van der Waals surface area contributed by atoms with Crippen LogP contribution in [-0.4, -0.2) is 18.5 Å². The molecular weight excluding hydrogens is 326 g/mol. The second-order valence-corrected chi connectivity index (χ2v) is 5.72. The van der Waals surface area contributed by atoms with E-state index in [-0.39, 0.29) is 24.5 Å². The molecule has 2 aromatic carbocycles. The summed E-state index contributed by atoms with van der Waals surface area (Å²) in [6.07, 6.45) is 1.23. The maximum Gasteiger partial charge on any atom is 0.339 e. The summed E-state index contributed by atoms with van der Waals surface area (Å²) in [6, 6.07) is 12.7. The van der Waals surface area contributed by atoms with Crippen molar-refractivity contribution in [3.63, 3.8) is 0 Å². The summed E-state index contributed by atoms with van der Waals surface area (Å²) in [4.78, 5) is 24.0. The van der Waals surface area contributed by atoms with Gasteiger partial charge in [0.1, 0.15) is 0 Å². The molecule has 0 saturated carbocycles. The summed E-state index contributed by atoms with van der Waals surface area (Å²) in [7, 11) is 0. The van der Waals surface area contributed by atoms with Crippen molar-refractivity contribution in [3.05, 3.63) is 64.2 Å². The number of amides is 1. The van der Waals surface area contributed by atoms with E-state index in [1.165, 1.54) is 11.6 Å². The normalized spacial score (nSPS) is 10.3. The van der Waals surface area contributed by atoms with Gasteiger partial charge in [-0.25, -0.2) is 4.79 Å². The SMILES string of the molecule is CCOC(=O)c1cc(NC(=O)Cc2ccc(CC)cc2)ccc1Cl. The molecule has 1 N–H and O–H groups in total. The summed E-state index contributed by atoms with van der Waals surface area (Å²) in [5.74, 6) is -0.662. The minimum absolute atomic E-state index is 0.156. The number of benzene rings is 2. The summed E-state index contributed by atoms with van der Waals surface area (Å²) in [5.41, 5.74) is 2.92. The van der Waals surface area contributed by atoms with Gasteiger partial charge < -0.3 is 10.1 Å². The average molecular weight is 346 g/mol. The van der Waals surface area contributed by atoms with Crippen LogP contribution >= 0.6 is 11.6 Å². The Hall–Kier alpha value is -2.33. The first kappa shape index (κ1) is 18.0. The molecule has 0 radical (unpaired) electrons. The lowest BCUT2D eigenvalue weighted by atomic mass is 10.1. The minimum Gasteiger partial charge on any atom is -0.462 e. The molecule has 0 spiro atoms. The van der Waals surface area contributed by atoms with Gasteiger partial charge in [0.05, 0.1) is 23.6 Å². The summed E-state index contributed by atoms with van der Waals surface area (Å²) in [6.45, 7) is 4.07. The molecule has 0 fully saturated rings. The number of carbonyl (C=O) groups is 2. The molecule has 126 valence electrons. The van der Waals surface area contributed by atoms with E-state index in [2.05, 4.69) is 12.2 Å². The molecule has 1 amide bonds. The number of carbonyl (C=O) groups excluding carboxylic acids is 2. The van der Waals surface area contributed by atoms with Gasteiger partial charge in [-0.15, -0.1) is 0 Å². The molecular formula is C19H20ClNO3. The smallest absolute Gasteiger partial charge is 0.339 e. The van der Waals surface area contributed by atoms with E-state index < -0.39 is 5.97 Å². The van der Waals surface area contributed by atoms with Crippen LogP contribution in [0.5, 0.6) is 0 Å². The number of aryl methyl sites for hydroxylation is 1. The molecule has 0 saturated heterocycles. The quantitative estimate of drug-likeness (QED) is 0.796. The first-order chi connectivity index (χ1) is 11.5. The van der Waals surface area contributed by atoms with Gasteiger partial charge in [0.15, 0.2) is 0 Å². The van der Waals surface area contributed by atoms with Gasteiger partial charge in [-0.1, -0.05) is 42.8 Å². The van der Waals surface area contributed by atoms with Crippen molar-refractivity contribution in [1.29, 1.82) is 0 Å². The fourth-order valence-corrected chi connectivity index (χ4v) is 2.45. The second-order valence-electron chi connectivity index (χ2n) is 5.31. The van der Waals surface area contributed by atoms with Gasteiger partial charge in [0, 0.05) is 5.69 Å². The van der Waals surface area contributed by atoms with Gasteiger partial charge in [0.2, 0.25) is 5.91 Å². The Labute approximate surface area is 146 Å². The Balaban J connectivity index is 2.05. The van der Waals surface area contributed by atoms with Gasteiger partial charge in [-0.05, 0) is 42.7 Å².